The van der Waals surface area contributed by atoms with Crippen LogP contribution in [0.1, 0.15) is 12.8 Å². The van der Waals surface area contributed by atoms with Crippen molar-refractivity contribution in [3.63, 3.8) is 0 Å². The summed E-state index contributed by atoms with van der Waals surface area (Å²) in [6.07, 6.45) is 1.80. The first-order valence-electron chi connectivity index (χ1n) is 4.66. The van der Waals surface area contributed by atoms with Crippen LogP contribution in [0, 0.1) is 5.92 Å². The summed E-state index contributed by atoms with van der Waals surface area (Å²) < 4.78 is 22.4. The third kappa shape index (κ3) is 2.02. The molecule has 1 fully saturated rings. The Morgan fingerprint density at radius 3 is 2.85 bits per heavy atom. The van der Waals surface area contributed by atoms with E-state index in [-0.39, 0.29) is 5.92 Å². The average Bonchev–Trinajstić information content (AvgIpc) is 2.48. The zero-order chi connectivity index (χ0) is 9.31. The van der Waals surface area contributed by atoms with Gasteiger partial charge in [0.2, 0.25) is 0 Å². The summed E-state index contributed by atoms with van der Waals surface area (Å²) in [5, 5.41) is 3.18. The number of sulfone groups is 1. The molecule has 1 atom stereocenters. The van der Waals surface area contributed by atoms with Gasteiger partial charge in [-0.2, -0.15) is 0 Å². The van der Waals surface area contributed by atoms with Crippen LogP contribution >= 0.6 is 0 Å². The lowest BCUT2D eigenvalue weighted by Crippen LogP contribution is -2.35. The molecule has 0 radical (unpaired) electrons. The van der Waals surface area contributed by atoms with Gasteiger partial charge in [-0.15, -0.1) is 0 Å². The normalized spacial score (nSPS) is 32.3. The minimum absolute atomic E-state index is 0.144. The number of nitrogens with zero attached hydrogens (tertiary/aromatic N) is 1. The summed E-state index contributed by atoms with van der Waals surface area (Å²) in [4.78, 5) is 4.32. The zero-order valence-electron chi connectivity index (χ0n) is 7.49. The van der Waals surface area contributed by atoms with E-state index in [1.165, 1.54) is 0 Å². The highest BCUT2D eigenvalue weighted by Crippen LogP contribution is 2.19. The molecular formula is C8H14N2O2S. The SMILES string of the molecule is O=S1(=O)CCC(C2=NCCCN2)C1. The Morgan fingerprint density at radius 2 is 2.31 bits per heavy atom. The van der Waals surface area contributed by atoms with Gasteiger partial charge in [0.15, 0.2) is 9.84 Å². The average molecular weight is 202 g/mol. The van der Waals surface area contributed by atoms with E-state index in [1.807, 2.05) is 0 Å². The molecule has 4 nitrogen and oxygen atoms in total. The van der Waals surface area contributed by atoms with Crippen LogP contribution in [0.15, 0.2) is 4.99 Å². The van der Waals surface area contributed by atoms with Gasteiger partial charge in [-0.25, -0.2) is 8.42 Å². The minimum atomic E-state index is -2.77. The second-order valence-corrected chi connectivity index (χ2v) is 5.88. The highest BCUT2D eigenvalue weighted by atomic mass is 32.2. The van der Waals surface area contributed by atoms with Crippen molar-refractivity contribution in [3.05, 3.63) is 0 Å². The van der Waals surface area contributed by atoms with Gasteiger partial charge in [-0.3, -0.25) is 4.99 Å². The smallest absolute Gasteiger partial charge is 0.151 e. The first-order valence-corrected chi connectivity index (χ1v) is 6.48. The summed E-state index contributed by atoms with van der Waals surface area (Å²) in [5.74, 6) is 1.69. The fraction of sp³-hybridized carbons (Fsp3) is 0.875. The molecule has 13 heavy (non-hydrogen) atoms. The van der Waals surface area contributed by atoms with E-state index in [1.54, 1.807) is 0 Å². The highest BCUT2D eigenvalue weighted by Gasteiger charge is 2.31. The van der Waals surface area contributed by atoms with E-state index in [0.717, 1.165) is 31.8 Å². The second-order valence-electron chi connectivity index (χ2n) is 3.65. The van der Waals surface area contributed by atoms with Crippen LogP contribution in [-0.2, 0) is 9.84 Å². The molecule has 0 bridgehead atoms. The highest BCUT2D eigenvalue weighted by molar-refractivity contribution is 7.91. The van der Waals surface area contributed by atoms with Crippen LogP contribution < -0.4 is 5.32 Å². The van der Waals surface area contributed by atoms with Crippen molar-refractivity contribution in [1.29, 1.82) is 0 Å². The van der Waals surface area contributed by atoms with E-state index < -0.39 is 9.84 Å². The van der Waals surface area contributed by atoms with Crippen LogP contribution in [0.25, 0.3) is 0 Å². The summed E-state index contributed by atoms with van der Waals surface area (Å²) in [6, 6.07) is 0. The van der Waals surface area contributed by atoms with Crippen LogP contribution in [0.4, 0.5) is 0 Å². The molecule has 0 aromatic carbocycles. The predicted octanol–water partition coefficient (Wildman–Crippen LogP) is -0.187. The van der Waals surface area contributed by atoms with E-state index >= 15 is 0 Å². The van der Waals surface area contributed by atoms with Crippen molar-refractivity contribution >= 4 is 15.7 Å². The zero-order valence-corrected chi connectivity index (χ0v) is 8.31. The summed E-state index contributed by atoms with van der Waals surface area (Å²) >= 11 is 0. The van der Waals surface area contributed by atoms with Gasteiger partial charge in [0.25, 0.3) is 0 Å². The third-order valence-corrected chi connectivity index (χ3v) is 4.31. The van der Waals surface area contributed by atoms with Gasteiger partial charge in [-0.1, -0.05) is 0 Å². The number of amidine groups is 1. The molecule has 74 valence electrons. The van der Waals surface area contributed by atoms with Gasteiger partial charge in [0, 0.05) is 19.0 Å². The van der Waals surface area contributed by atoms with Crippen molar-refractivity contribution in [3.8, 4) is 0 Å². The fourth-order valence-corrected chi connectivity index (χ4v) is 3.58. The molecule has 0 saturated carbocycles. The quantitative estimate of drug-likeness (QED) is 0.641. The molecule has 2 rings (SSSR count). The van der Waals surface area contributed by atoms with Gasteiger partial charge in [0.05, 0.1) is 11.5 Å². The molecule has 2 aliphatic heterocycles. The lowest BCUT2D eigenvalue weighted by atomic mass is 10.1. The maximum atomic E-state index is 11.2. The second kappa shape index (κ2) is 3.29. The molecule has 0 spiro atoms. The Hall–Kier alpha value is -0.580. The summed E-state index contributed by atoms with van der Waals surface area (Å²) in [7, 11) is -2.77. The Kier molecular flexibility index (Phi) is 2.27. The molecule has 5 heteroatoms. The monoisotopic (exact) mass is 202 g/mol. The Labute approximate surface area is 78.4 Å². The molecule has 1 N–H and O–H groups in total. The lowest BCUT2D eigenvalue weighted by molar-refractivity contribution is 0.600. The van der Waals surface area contributed by atoms with Crippen molar-refractivity contribution in [2.24, 2.45) is 10.9 Å². The Balaban J connectivity index is 2.07. The predicted molar refractivity (Wildman–Crippen MR) is 51.7 cm³/mol. The molecule has 1 saturated heterocycles. The molecule has 1 unspecified atom stereocenters. The standard InChI is InChI=1S/C8H14N2O2S/c11-13(12)5-2-7(6-13)8-9-3-1-4-10-8/h7H,1-6H2,(H,9,10). The van der Waals surface area contributed by atoms with Crippen LogP contribution in [0.5, 0.6) is 0 Å². The van der Waals surface area contributed by atoms with Crippen molar-refractivity contribution in [2.75, 3.05) is 24.6 Å². The topological polar surface area (TPSA) is 58.5 Å². The Bertz CT molecular complexity index is 321. The van der Waals surface area contributed by atoms with Crippen molar-refractivity contribution < 1.29 is 8.42 Å². The molecule has 2 aliphatic rings. The van der Waals surface area contributed by atoms with E-state index in [4.69, 9.17) is 0 Å². The number of rotatable bonds is 1. The van der Waals surface area contributed by atoms with Crippen LogP contribution in [0.3, 0.4) is 0 Å². The summed E-state index contributed by atoms with van der Waals surface area (Å²) in [6.45, 7) is 1.79. The number of aliphatic imine (C=N–C) groups is 1. The Morgan fingerprint density at radius 1 is 1.46 bits per heavy atom. The van der Waals surface area contributed by atoms with E-state index in [0.29, 0.717) is 11.5 Å². The van der Waals surface area contributed by atoms with Gasteiger partial charge >= 0.3 is 0 Å². The molecule has 0 aliphatic carbocycles. The maximum Gasteiger partial charge on any atom is 0.151 e. The van der Waals surface area contributed by atoms with Gasteiger partial charge < -0.3 is 5.32 Å². The molecular weight excluding hydrogens is 188 g/mol. The summed E-state index contributed by atoms with van der Waals surface area (Å²) in [5.41, 5.74) is 0. The van der Waals surface area contributed by atoms with Crippen molar-refractivity contribution in [1.82, 2.24) is 5.32 Å². The fourth-order valence-electron chi connectivity index (χ4n) is 1.84. The first kappa shape index (κ1) is 8.99. The number of hydrogen-bond acceptors (Lipinski definition) is 4. The first-order chi connectivity index (χ1) is 6.17. The molecule has 2 heterocycles. The van der Waals surface area contributed by atoms with Crippen LogP contribution in [-0.4, -0.2) is 38.8 Å². The minimum Gasteiger partial charge on any atom is -0.374 e. The van der Waals surface area contributed by atoms with E-state index in [9.17, 15) is 8.42 Å². The number of nitrogens with one attached hydrogen (secondary N) is 1. The van der Waals surface area contributed by atoms with Gasteiger partial charge in [0.1, 0.15) is 5.84 Å². The maximum absolute atomic E-state index is 11.2. The van der Waals surface area contributed by atoms with E-state index in [2.05, 4.69) is 10.3 Å². The van der Waals surface area contributed by atoms with Crippen LogP contribution in [0.2, 0.25) is 0 Å². The van der Waals surface area contributed by atoms with Crippen molar-refractivity contribution in [2.45, 2.75) is 12.8 Å². The lowest BCUT2D eigenvalue weighted by Gasteiger charge is -2.18. The molecule has 0 aromatic rings. The largest absolute Gasteiger partial charge is 0.374 e. The third-order valence-electron chi connectivity index (χ3n) is 2.54. The number of hydrogen-bond donors (Lipinski definition) is 1. The van der Waals surface area contributed by atoms with Gasteiger partial charge in [-0.05, 0) is 12.8 Å². The molecule has 0 aromatic heterocycles. The molecule has 0 amide bonds.